The maximum Gasteiger partial charge on any atom is 0.243 e. The monoisotopic (exact) mass is 282 g/mol. The van der Waals surface area contributed by atoms with E-state index in [9.17, 15) is 0 Å². The molecule has 0 aliphatic heterocycles. The Hall–Kier alpha value is -2.19. The zero-order valence-electron chi connectivity index (χ0n) is 12.3. The summed E-state index contributed by atoms with van der Waals surface area (Å²) in [5, 5.41) is 12.9. The van der Waals surface area contributed by atoms with Crippen molar-refractivity contribution in [3.05, 3.63) is 47.1 Å². The van der Waals surface area contributed by atoms with Crippen molar-refractivity contribution in [1.29, 1.82) is 5.26 Å². The second kappa shape index (κ2) is 5.66. The number of aromatic nitrogens is 2. The highest BCUT2D eigenvalue weighted by molar-refractivity contribution is 5.31. The van der Waals surface area contributed by atoms with E-state index in [1.165, 1.54) is 12.8 Å². The van der Waals surface area contributed by atoms with Gasteiger partial charge in [0.1, 0.15) is 0 Å². The van der Waals surface area contributed by atoms with Crippen molar-refractivity contribution in [1.82, 2.24) is 15.0 Å². The molecule has 1 atom stereocenters. The van der Waals surface area contributed by atoms with Crippen molar-refractivity contribution < 1.29 is 4.52 Å². The van der Waals surface area contributed by atoms with E-state index in [4.69, 9.17) is 9.78 Å². The SMILES string of the molecule is C[C@H](c1nc(C2CC2)no1)N(C)Cc1ccc(C#N)cc1. The summed E-state index contributed by atoms with van der Waals surface area (Å²) in [7, 11) is 2.03. The third kappa shape index (κ3) is 3.11. The maximum atomic E-state index is 8.81. The van der Waals surface area contributed by atoms with E-state index < -0.39 is 0 Å². The van der Waals surface area contributed by atoms with Gasteiger partial charge < -0.3 is 4.52 Å². The Balaban J connectivity index is 1.65. The highest BCUT2D eigenvalue weighted by Gasteiger charge is 2.30. The van der Waals surface area contributed by atoms with Gasteiger partial charge in [-0.2, -0.15) is 10.2 Å². The van der Waals surface area contributed by atoms with Crippen LogP contribution in [-0.2, 0) is 6.54 Å². The van der Waals surface area contributed by atoms with Crippen LogP contribution in [0.2, 0.25) is 0 Å². The van der Waals surface area contributed by atoms with Crippen LogP contribution in [0.1, 0.15) is 54.6 Å². The molecule has 0 bridgehead atoms. The van der Waals surface area contributed by atoms with Gasteiger partial charge in [0.05, 0.1) is 17.7 Å². The molecule has 1 fully saturated rings. The Morgan fingerprint density at radius 1 is 1.38 bits per heavy atom. The lowest BCUT2D eigenvalue weighted by Gasteiger charge is -2.21. The van der Waals surface area contributed by atoms with Crippen LogP contribution >= 0.6 is 0 Å². The summed E-state index contributed by atoms with van der Waals surface area (Å²) in [5.41, 5.74) is 1.84. The highest BCUT2D eigenvalue weighted by atomic mass is 16.5. The summed E-state index contributed by atoms with van der Waals surface area (Å²) in [6, 6.07) is 9.83. The average molecular weight is 282 g/mol. The van der Waals surface area contributed by atoms with Gasteiger partial charge in [0.2, 0.25) is 5.89 Å². The Kier molecular flexibility index (Phi) is 3.72. The van der Waals surface area contributed by atoms with Crippen LogP contribution in [0.3, 0.4) is 0 Å². The van der Waals surface area contributed by atoms with Gasteiger partial charge in [-0.3, -0.25) is 4.90 Å². The van der Waals surface area contributed by atoms with Crippen molar-refractivity contribution >= 4 is 0 Å². The second-order valence-electron chi connectivity index (χ2n) is 5.66. The molecule has 1 aromatic carbocycles. The summed E-state index contributed by atoms with van der Waals surface area (Å²) >= 11 is 0. The predicted molar refractivity (Wildman–Crippen MR) is 77.3 cm³/mol. The van der Waals surface area contributed by atoms with Gasteiger partial charge >= 0.3 is 0 Å². The molecule has 2 aromatic rings. The molecule has 0 radical (unpaired) electrons. The molecule has 1 aliphatic rings. The molecular formula is C16H18N4O. The zero-order valence-corrected chi connectivity index (χ0v) is 12.3. The molecule has 5 nitrogen and oxygen atoms in total. The third-order valence-electron chi connectivity index (χ3n) is 3.93. The number of nitrogens with zero attached hydrogens (tertiary/aromatic N) is 4. The summed E-state index contributed by atoms with van der Waals surface area (Å²) in [6.07, 6.45) is 2.35. The minimum Gasteiger partial charge on any atom is -0.338 e. The fourth-order valence-corrected chi connectivity index (χ4v) is 2.22. The van der Waals surface area contributed by atoms with Crippen LogP contribution in [0.25, 0.3) is 0 Å². The van der Waals surface area contributed by atoms with Crippen molar-refractivity contribution in [3.63, 3.8) is 0 Å². The van der Waals surface area contributed by atoms with Crippen LogP contribution < -0.4 is 0 Å². The molecule has 1 aliphatic carbocycles. The molecule has 0 spiro atoms. The third-order valence-corrected chi connectivity index (χ3v) is 3.93. The minimum atomic E-state index is 0.0700. The van der Waals surface area contributed by atoms with Crippen molar-refractivity contribution in [2.24, 2.45) is 0 Å². The Morgan fingerprint density at radius 2 is 2.10 bits per heavy atom. The normalized spacial score (nSPS) is 15.9. The van der Waals surface area contributed by atoms with E-state index in [1.807, 2.05) is 31.3 Å². The molecule has 1 heterocycles. The standard InChI is InChI=1S/C16H18N4O/c1-11(16-18-15(19-21-16)14-7-8-14)20(2)10-13-5-3-12(9-17)4-6-13/h3-6,11,14H,7-8,10H2,1-2H3/t11-/m1/s1. The van der Waals surface area contributed by atoms with E-state index in [1.54, 1.807) is 0 Å². The van der Waals surface area contributed by atoms with Crippen LogP contribution in [0, 0.1) is 11.3 Å². The van der Waals surface area contributed by atoms with Crippen molar-refractivity contribution in [3.8, 4) is 6.07 Å². The molecule has 1 saturated carbocycles. The molecule has 108 valence electrons. The van der Waals surface area contributed by atoms with Gasteiger partial charge in [-0.05, 0) is 44.5 Å². The second-order valence-corrected chi connectivity index (χ2v) is 5.66. The van der Waals surface area contributed by atoms with Gasteiger partial charge in [-0.25, -0.2) is 0 Å². The first kappa shape index (κ1) is 13.8. The fourth-order valence-electron chi connectivity index (χ4n) is 2.22. The lowest BCUT2D eigenvalue weighted by Crippen LogP contribution is -2.22. The van der Waals surface area contributed by atoms with Crippen LogP contribution in [0.5, 0.6) is 0 Å². The first-order valence-corrected chi connectivity index (χ1v) is 7.20. The molecular weight excluding hydrogens is 264 g/mol. The van der Waals surface area contributed by atoms with Gasteiger partial charge in [0.25, 0.3) is 0 Å². The van der Waals surface area contributed by atoms with Gasteiger partial charge in [-0.1, -0.05) is 17.3 Å². The quantitative estimate of drug-likeness (QED) is 0.843. The van der Waals surface area contributed by atoms with E-state index in [0.717, 1.165) is 17.9 Å². The number of rotatable bonds is 5. The summed E-state index contributed by atoms with van der Waals surface area (Å²) in [5.74, 6) is 2.04. The number of nitriles is 1. The first-order valence-electron chi connectivity index (χ1n) is 7.20. The number of benzene rings is 1. The summed E-state index contributed by atoms with van der Waals surface area (Å²) in [4.78, 5) is 6.66. The molecule has 0 N–H and O–H groups in total. The van der Waals surface area contributed by atoms with E-state index >= 15 is 0 Å². The summed E-state index contributed by atoms with van der Waals surface area (Å²) < 4.78 is 5.38. The highest BCUT2D eigenvalue weighted by Crippen LogP contribution is 2.38. The molecule has 0 amide bonds. The topological polar surface area (TPSA) is 66.0 Å². The number of hydrogen-bond acceptors (Lipinski definition) is 5. The van der Waals surface area contributed by atoms with E-state index in [2.05, 4.69) is 28.0 Å². The van der Waals surface area contributed by atoms with Crippen LogP contribution in [0.15, 0.2) is 28.8 Å². The van der Waals surface area contributed by atoms with Crippen molar-refractivity contribution in [2.75, 3.05) is 7.05 Å². The minimum absolute atomic E-state index is 0.0700. The lowest BCUT2D eigenvalue weighted by molar-refractivity contribution is 0.202. The van der Waals surface area contributed by atoms with Gasteiger partial charge in [0, 0.05) is 12.5 Å². The van der Waals surface area contributed by atoms with E-state index in [-0.39, 0.29) is 6.04 Å². The van der Waals surface area contributed by atoms with Gasteiger partial charge in [-0.15, -0.1) is 0 Å². The fraction of sp³-hybridized carbons (Fsp3) is 0.438. The van der Waals surface area contributed by atoms with Crippen molar-refractivity contribution in [2.45, 2.75) is 38.3 Å². The Bertz CT molecular complexity index is 652. The molecule has 21 heavy (non-hydrogen) atoms. The first-order chi connectivity index (χ1) is 10.2. The Morgan fingerprint density at radius 3 is 2.71 bits per heavy atom. The molecule has 0 saturated heterocycles. The van der Waals surface area contributed by atoms with Crippen LogP contribution in [0.4, 0.5) is 0 Å². The zero-order chi connectivity index (χ0) is 14.8. The molecule has 3 rings (SSSR count). The van der Waals surface area contributed by atoms with Crippen LogP contribution in [-0.4, -0.2) is 22.1 Å². The van der Waals surface area contributed by atoms with Gasteiger partial charge in [0.15, 0.2) is 5.82 Å². The smallest absolute Gasteiger partial charge is 0.243 e. The maximum absolute atomic E-state index is 8.81. The lowest BCUT2D eigenvalue weighted by atomic mass is 10.1. The summed E-state index contributed by atoms with van der Waals surface area (Å²) in [6.45, 7) is 2.84. The number of hydrogen-bond donors (Lipinski definition) is 0. The average Bonchev–Trinajstić information content (AvgIpc) is 3.25. The molecule has 1 aromatic heterocycles. The Labute approximate surface area is 124 Å². The molecule has 0 unspecified atom stereocenters. The largest absolute Gasteiger partial charge is 0.338 e. The van der Waals surface area contributed by atoms with E-state index in [0.29, 0.717) is 17.4 Å². The molecule has 5 heteroatoms. The predicted octanol–water partition coefficient (Wildman–Crippen LogP) is 3.01.